The Hall–Kier alpha value is -1.83. The second-order valence-corrected chi connectivity index (χ2v) is 6.34. The van der Waals surface area contributed by atoms with E-state index in [2.05, 4.69) is 4.74 Å². The smallest absolute Gasteiger partial charge is 0.416 e. The molecule has 0 radical (unpaired) electrons. The van der Waals surface area contributed by atoms with Crippen LogP contribution in [0.1, 0.15) is 12.5 Å². The predicted octanol–water partition coefficient (Wildman–Crippen LogP) is 2.09. The molecule has 23 heavy (non-hydrogen) atoms. The fraction of sp³-hybridized carbons (Fsp3) is 0.333. The topological polar surface area (TPSA) is 96.3 Å². The molecule has 1 atom stereocenters. The number of nitrogens with zero attached hydrogens (tertiary/aromatic N) is 1. The average Bonchev–Trinajstić information content (AvgIpc) is 2.43. The molecule has 1 aromatic carbocycles. The molecular weight excluding hydrogens is 361 g/mol. The molecule has 0 fully saturated rings. The summed E-state index contributed by atoms with van der Waals surface area (Å²) in [4.78, 5) is 10.6. The van der Waals surface area contributed by atoms with Crippen LogP contribution in [0.5, 0.6) is 0 Å². The third-order valence-electron chi connectivity index (χ3n) is 2.51. The Morgan fingerprint density at radius 2 is 2.09 bits per heavy atom. The van der Waals surface area contributed by atoms with E-state index < -0.39 is 50.3 Å². The van der Waals surface area contributed by atoms with Crippen molar-refractivity contribution in [2.45, 2.75) is 24.0 Å². The zero-order chi connectivity index (χ0) is 17.8. The van der Waals surface area contributed by atoms with Gasteiger partial charge in [-0.1, -0.05) is 11.6 Å². The highest BCUT2D eigenvalue weighted by molar-refractivity contribution is 7.89. The third-order valence-corrected chi connectivity index (χ3v) is 4.53. The number of carbonyl (C=O) groups excluding carboxylic acids is 1. The van der Waals surface area contributed by atoms with Crippen molar-refractivity contribution in [3.8, 4) is 6.07 Å². The highest BCUT2D eigenvalue weighted by Gasteiger charge is 2.33. The first-order valence-corrected chi connectivity index (χ1v) is 7.78. The van der Waals surface area contributed by atoms with Gasteiger partial charge >= 0.3 is 12.1 Å². The minimum Gasteiger partial charge on any atom is -0.449 e. The normalized spacial score (nSPS) is 13.2. The second-order valence-electron chi connectivity index (χ2n) is 4.25. The molecule has 0 heterocycles. The summed E-state index contributed by atoms with van der Waals surface area (Å²) >= 11 is 5.63. The van der Waals surface area contributed by atoms with E-state index in [1.807, 2.05) is 4.72 Å². The number of nitriles is 1. The van der Waals surface area contributed by atoms with Gasteiger partial charge in [0, 0.05) is 0 Å². The van der Waals surface area contributed by atoms with Gasteiger partial charge in [-0.2, -0.15) is 23.2 Å². The molecule has 0 unspecified atom stereocenters. The van der Waals surface area contributed by atoms with Crippen LogP contribution in [0.15, 0.2) is 23.1 Å². The lowest BCUT2D eigenvalue weighted by molar-refractivity contribution is -0.143. The Morgan fingerprint density at radius 1 is 1.48 bits per heavy atom. The first-order valence-electron chi connectivity index (χ1n) is 5.91. The van der Waals surface area contributed by atoms with Crippen molar-refractivity contribution >= 4 is 27.6 Å². The summed E-state index contributed by atoms with van der Waals surface area (Å²) in [6.07, 6.45) is -4.76. The number of carbonyl (C=O) groups is 1. The molecule has 1 rings (SSSR count). The minimum atomic E-state index is -4.76. The van der Waals surface area contributed by atoms with Crippen LogP contribution in [0.2, 0.25) is 5.02 Å². The number of hydrogen-bond acceptors (Lipinski definition) is 5. The van der Waals surface area contributed by atoms with Gasteiger partial charge < -0.3 is 4.74 Å². The number of alkyl halides is 3. The van der Waals surface area contributed by atoms with Gasteiger partial charge in [0.15, 0.2) is 6.61 Å². The van der Waals surface area contributed by atoms with Crippen molar-refractivity contribution in [2.75, 3.05) is 6.61 Å². The summed E-state index contributed by atoms with van der Waals surface area (Å²) in [6.45, 7) is 0.522. The zero-order valence-electron chi connectivity index (χ0n) is 11.5. The number of hydrogen-bond donors (Lipinski definition) is 1. The largest absolute Gasteiger partial charge is 0.449 e. The molecule has 1 N–H and O–H groups in total. The number of ether oxygens (including phenoxy) is 1. The standard InChI is InChI=1S/C12H10ClF3N2O4S/c1-7(11(19)22-5-4-17)18-23(20,21)10-6-8(12(14,15)16)2-3-9(10)13/h2-3,6-7,18H,5H2,1H3/t7-/m1/s1. The van der Waals surface area contributed by atoms with Crippen LogP contribution in [-0.4, -0.2) is 27.0 Å². The maximum Gasteiger partial charge on any atom is 0.416 e. The van der Waals surface area contributed by atoms with Crippen molar-refractivity contribution in [1.29, 1.82) is 5.26 Å². The van der Waals surface area contributed by atoms with Crippen molar-refractivity contribution in [3.05, 3.63) is 28.8 Å². The monoisotopic (exact) mass is 370 g/mol. The van der Waals surface area contributed by atoms with E-state index in [1.54, 1.807) is 0 Å². The molecule has 0 aliphatic rings. The molecule has 0 aliphatic carbocycles. The highest BCUT2D eigenvalue weighted by Crippen LogP contribution is 2.33. The van der Waals surface area contributed by atoms with Crippen LogP contribution in [0.4, 0.5) is 13.2 Å². The van der Waals surface area contributed by atoms with Gasteiger partial charge in [0.05, 0.1) is 10.6 Å². The Labute approximate surface area is 134 Å². The second kappa shape index (κ2) is 7.16. The van der Waals surface area contributed by atoms with E-state index in [1.165, 1.54) is 6.07 Å². The van der Waals surface area contributed by atoms with Crippen LogP contribution < -0.4 is 4.72 Å². The molecule has 0 aliphatic heterocycles. The Bertz CT molecular complexity index is 744. The van der Waals surface area contributed by atoms with Crippen LogP contribution in [-0.2, 0) is 25.7 Å². The van der Waals surface area contributed by atoms with Gasteiger partial charge in [-0.3, -0.25) is 4.79 Å². The number of esters is 1. The molecule has 0 saturated carbocycles. The van der Waals surface area contributed by atoms with E-state index >= 15 is 0 Å². The molecule has 0 bridgehead atoms. The molecule has 0 spiro atoms. The summed E-state index contributed by atoms with van der Waals surface area (Å²) in [5, 5.41) is 7.82. The van der Waals surface area contributed by atoms with E-state index in [0.717, 1.165) is 13.0 Å². The zero-order valence-corrected chi connectivity index (χ0v) is 13.1. The van der Waals surface area contributed by atoms with Gasteiger partial charge in [0.1, 0.15) is 17.0 Å². The predicted molar refractivity (Wildman–Crippen MR) is 72.8 cm³/mol. The van der Waals surface area contributed by atoms with Crippen LogP contribution in [0, 0.1) is 11.3 Å². The highest BCUT2D eigenvalue weighted by atomic mass is 35.5. The van der Waals surface area contributed by atoms with Gasteiger partial charge in [-0.25, -0.2) is 8.42 Å². The number of rotatable bonds is 5. The van der Waals surface area contributed by atoms with Crippen LogP contribution in [0.3, 0.4) is 0 Å². The van der Waals surface area contributed by atoms with E-state index in [0.29, 0.717) is 12.1 Å². The quantitative estimate of drug-likeness (QED) is 0.800. The SMILES string of the molecule is C[C@@H](NS(=O)(=O)c1cc(C(F)(F)F)ccc1Cl)C(=O)OCC#N. The molecule has 126 valence electrons. The maximum absolute atomic E-state index is 12.7. The number of sulfonamides is 1. The lowest BCUT2D eigenvalue weighted by Gasteiger charge is -2.15. The first-order chi connectivity index (χ1) is 10.5. The Balaban J connectivity index is 3.10. The van der Waals surface area contributed by atoms with Crippen molar-refractivity contribution in [1.82, 2.24) is 4.72 Å². The Kier molecular flexibility index (Phi) is 5.98. The molecule has 1 aromatic rings. The minimum absolute atomic E-state index is 0.359. The summed E-state index contributed by atoms with van der Waals surface area (Å²) in [7, 11) is -4.51. The summed E-state index contributed by atoms with van der Waals surface area (Å²) in [6, 6.07) is 1.88. The van der Waals surface area contributed by atoms with Crippen LogP contribution in [0.25, 0.3) is 0 Å². The molecule has 0 saturated heterocycles. The van der Waals surface area contributed by atoms with E-state index in [4.69, 9.17) is 16.9 Å². The molecular formula is C12H10ClF3N2O4S. The Morgan fingerprint density at radius 3 is 2.61 bits per heavy atom. The maximum atomic E-state index is 12.7. The molecule has 0 aromatic heterocycles. The number of nitrogens with one attached hydrogen (secondary N) is 1. The van der Waals surface area contributed by atoms with Crippen molar-refractivity contribution in [3.63, 3.8) is 0 Å². The molecule has 6 nitrogen and oxygen atoms in total. The lowest BCUT2D eigenvalue weighted by Crippen LogP contribution is -2.39. The van der Waals surface area contributed by atoms with E-state index in [9.17, 15) is 26.4 Å². The summed E-state index contributed by atoms with van der Waals surface area (Å²) in [5.41, 5.74) is -1.21. The fourth-order valence-corrected chi connectivity index (χ4v) is 3.18. The fourth-order valence-electron chi connectivity index (χ4n) is 1.46. The summed E-state index contributed by atoms with van der Waals surface area (Å²) in [5.74, 6) is -1.06. The molecule has 11 heteroatoms. The number of halogens is 4. The third kappa shape index (κ3) is 5.09. The first kappa shape index (κ1) is 19.2. The van der Waals surface area contributed by atoms with Crippen molar-refractivity contribution < 1.29 is 31.1 Å². The van der Waals surface area contributed by atoms with Gasteiger partial charge in [-0.05, 0) is 25.1 Å². The lowest BCUT2D eigenvalue weighted by atomic mass is 10.2. The molecule has 0 amide bonds. The van der Waals surface area contributed by atoms with Crippen LogP contribution >= 0.6 is 11.6 Å². The van der Waals surface area contributed by atoms with Gasteiger partial charge in [-0.15, -0.1) is 0 Å². The van der Waals surface area contributed by atoms with Crippen molar-refractivity contribution in [2.24, 2.45) is 0 Å². The van der Waals surface area contributed by atoms with Gasteiger partial charge in [0.2, 0.25) is 10.0 Å². The average molecular weight is 371 g/mol. The number of benzene rings is 1. The van der Waals surface area contributed by atoms with E-state index in [-0.39, 0.29) is 0 Å². The van der Waals surface area contributed by atoms with Gasteiger partial charge in [0.25, 0.3) is 0 Å². The summed E-state index contributed by atoms with van der Waals surface area (Å²) < 4.78 is 68.4.